The Labute approximate surface area is 201 Å². The van der Waals surface area contributed by atoms with Crippen LogP contribution in [0, 0.1) is 11.3 Å². The van der Waals surface area contributed by atoms with Crippen LogP contribution in [0.4, 0.5) is 5.82 Å². The van der Waals surface area contributed by atoms with Crippen LogP contribution in [0.1, 0.15) is 44.1 Å². The van der Waals surface area contributed by atoms with Crippen LogP contribution in [0.3, 0.4) is 0 Å². The Bertz CT molecular complexity index is 1140. The number of rotatable bonds is 7. The van der Waals surface area contributed by atoms with Crippen molar-refractivity contribution in [2.45, 2.75) is 62.8 Å². The Morgan fingerprint density at radius 1 is 1.09 bits per heavy atom. The predicted molar refractivity (Wildman–Crippen MR) is 138 cm³/mol. The maximum Gasteiger partial charge on any atom is 0.126 e. The molecule has 0 bridgehead atoms. The molecule has 1 saturated carbocycles. The van der Waals surface area contributed by atoms with Crippen LogP contribution in [-0.4, -0.2) is 45.8 Å². The SMILES string of the molecule is CN1C(=N)[N-][C@](CCc2ccccc2)(C[C@H]2CCC[C@@H](Nc3ccc4ccccc4n3)C2)C1O. The first-order valence-corrected chi connectivity index (χ1v) is 12.4. The van der Waals surface area contributed by atoms with Gasteiger partial charge < -0.3 is 26.0 Å². The Kier molecular flexibility index (Phi) is 6.42. The van der Waals surface area contributed by atoms with E-state index in [0.29, 0.717) is 12.0 Å². The summed E-state index contributed by atoms with van der Waals surface area (Å²) >= 11 is 0. The molecule has 1 aliphatic carbocycles. The van der Waals surface area contributed by atoms with E-state index in [9.17, 15) is 5.11 Å². The number of benzene rings is 2. The number of anilines is 1. The first-order valence-electron chi connectivity index (χ1n) is 12.4. The third kappa shape index (κ3) is 4.73. The van der Waals surface area contributed by atoms with Crippen LogP contribution in [0.2, 0.25) is 0 Å². The van der Waals surface area contributed by atoms with Gasteiger partial charge in [-0.2, -0.15) is 0 Å². The lowest BCUT2D eigenvalue weighted by Crippen LogP contribution is -2.45. The zero-order chi connectivity index (χ0) is 23.5. The van der Waals surface area contributed by atoms with E-state index in [-0.39, 0.29) is 5.96 Å². The third-order valence-electron chi connectivity index (χ3n) is 7.57. The van der Waals surface area contributed by atoms with Crippen molar-refractivity contribution in [2.75, 3.05) is 12.4 Å². The summed E-state index contributed by atoms with van der Waals surface area (Å²) in [5.74, 6) is 1.56. The van der Waals surface area contributed by atoms with Crippen LogP contribution in [0.25, 0.3) is 16.2 Å². The molecular weight excluding hydrogens is 422 g/mol. The highest BCUT2D eigenvalue weighted by Crippen LogP contribution is 2.44. The number of pyridine rings is 1. The second-order valence-electron chi connectivity index (χ2n) is 9.98. The minimum Gasteiger partial charge on any atom is -0.411 e. The number of nitrogens with zero attached hydrogens (tertiary/aromatic N) is 3. The van der Waals surface area contributed by atoms with E-state index in [1.807, 2.05) is 18.2 Å². The monoisotopic (exact) mass is 456 g/mol. The molecule has 2 heterocycles. The van der Waals surface area contributed by atoms with E-state index in [4.69, 9.17) is 15.7 Å². The molecule has 2 aliphatic rings. The smallest absolute Gasteiger partial charge is 0.126 e. The number of aryl methyl sites for hydroxylation is 1. The van der Waals surface area contributed by atoms with Gasteiger partial charge in [0, 0.05) is 22.9 Å². The zero-order valence-electron chi connectivity index (χ0n) is 19.8. The van der Waals surface area contributed by atoms with E-state index in [2.05, 4.69) is 53.8 Å². The molecule has 6 nitrogen and oxygen atoms in total. The van der Waals surface area contributed by atoms with Crippen molar-refractivity contribution in [1.29, 1.82) is 5.41 Å². The number of guanidine groups is 1. The van der Waals surface area contributed by atoms with Gasteiger partial charge in [-0.1, -0.05) is 61.4 Å². The molecule has 3 N–H and O–H groups in total. The molecule has 2 fully saturated rings. The van der Waals surface area contributed by atoms with Gasteiger partial charge in [0.1, 0.15) is 5.82 Å². The second-order valence-corrected chi connectivity index (χ2v) is 9.98. The Morgan fingerprint density at radius 2 is 1.88 bits per heavy atom. The predicted octanol–water partition coefficient (Wildman–Crippen LogP) is 5.54. The average molecular weight is 457 g/mol. The van der Waals surface area contributed by atoms with Gasteiger partial charge in [-0.25, -0.2) is 4.98 Å². The van der Waals surface area contributed by atoms with Crippen molar-refractivity contribution in [3.63, 3.8) is 0 Å². The molecule has 2 aromatic carbocycles. The van der Waals surface area contributed by atoms with Crippen LogP contribution in [0.15, 0.2) is 66.7 Å². The molecule has 178 valence electrons. The van der Waals surface area contributed by atoms with Crippen molar-refractivity contribution in [2.24, 2.45) is 5.92 Å². The number of aliphatic hydroxyl groups excluding tert-OH is 1. The highest BCUT2D eigenvalue weighted by molar-refractivity contribution is 5.94. The van der Waals surface area contributed by atoms with Gasteiger partial charge in [-0.15, -0.1) is 0 Å². The van der Waals surface area contributed by atoms with Gasteiger partial charge in [-0.05, 0) is 68.8 Å². The molecule has 1 aliphatic heterocycles. The zero-order valence-corrected chi connectivity index (χ0v) is 19.8. The number of aliphatic hydroxyl groups is 1. The van der Waals surface area contributed by atoms with Gasteiger partial charge in [0.2, 0.25) is 0 Å². The largest absolute Gasteiger partial charge is 0.411 e. The van der Waals surface area contributed by atoms with E-state index >= 15 is 0 Å². The molecule has 1 unspecified atom stereocenters. The van der Waals surface area contributed by atoms with Crippen LogP contribution >= 0.6 is 0 Å². The molecule has 1 aromatic heterocycles. The molecule has 0 radical (unpaired) electrons. The lowest BCUT2D eigenvalue weighted by molar-refractivity contribution is 0.0146. The molecule has 0 amide bonds. The van der Waals surface area contributed by atoms with E-state index in [1.54, 1.807) is 11.9 Å². The summed E-state index contributed by atoms with van der Waals surface area (Å²) in [7, 11) is 1.78. The number of nitrogens with one attached hydrogen (secondary N) is 2. The molecule has 1 saturated heterocycles. The van der Waals surface area contributed by atoms with Crippen LogP contribution in [0.5, 0.6) is 0 Å². The minimum absolute atomic E-state index is 0.186. The van der Waals surface area contributed by atoms with Crippen LogP contribution < -0.4 is 5.32 Å². The fourth-order valence-corrected chi connectivity index (χ4v) is 5.73. The van der Waals surface area contributed by atoms with Gasteiger partial charge >= 0.3 is 0 Å². The number of likely N-dealkylation sites (N-methyl/N-ethyl adjacent to an activating group) is 1. The number of fused-ring (bicyclic) bond motifs is 1. The maximum atomic E-state index is 11.2. The molecule has 5 rings (SSSR count). The molecule has 3 aromatic rings. The summed E-state index contributed by atoms with van der Waals surface area (Å²) in [4.78, 5) is 6.42. The summed E-state index contributed by atoms with van der Waals surface area (Å²) in [6.07, 6.45) is 6.07. The summed E-state index contributed by atoms with van der Waals surface area (Å²) in [6.45, 7) is 0. The third-order valence-corrected chi connectivity index (χ3v) is 7.57. The molecule has 4 atom stereocenters. The standard InChI is InChI=1S/C28H34N5O/c1-33-26(34)28(32-27(33)29,17-16-20-8-3-2-4-9-20)19-21-10-7-12-23(18-21)30-25-15-14-22-11-5-6-13-24(22)31-25/h2-6,8-9,11,13-15,21,23,26,34H,7,10,12,16-19H2,1H3,(H2-,29,30,31,32)/q-1/t21-,23+,26?,28+/m0/s1. The van der Waals surface area contributed by atoms with Gasteiger partial charge in [0.25, 0.3) is 0 Å². The van der Waals surface area contributed by atoms with Crippen molar-refractivity contribution in [3.05, 3.63) is 77.6 Å². The van der Waals surface area contributed by atoms with Crippen molar-refractivity contribution in [3.8, 4) is 0 Å². The maximum absolute atomic E-state index is 11.2. The summed E-state index contributed by atoms with van der Waals surface area (Å²) in [6, 6.07) is 23.1. The second kappa shape index (κ2) is 9.63. The summed E-state index contributed by atoms with van der Waals surface area (Å²) in [5, 5.41) is 29.0. The highest BCUT2D eigenvalue weighted by atomic mass is 16.3. The first-order chi connectivity index (χ1) is 16.5. The van der Waals surface area contributed by atoms with E-state index in [0.717, 1.165) is 61.7 Å². The Hall–Kier alpha value is -3.12. The fourth-order valence-electron chi connectivity index (χ4n) is 5.73. The number of aromatic nitrogens is 1. The quantitative estimate of drug-likeness (QED) is 0.436. The van der Waals surface area contributed by atoms with Crippen LogP contribution in [-0.2, 0) is 6.42 Å². The van der Waals surface area contributed by atoms with Crippen molar-refractivity contribution < 1.29 is 5.11 Å². The molecule has 0 spiro atoms. The first kappa shape index (κ1) is 22.7. The Balaban J connectivity index is 1.28. The number of hydrogen-bond acceptors (Lipinski definition) is 4. The highest BCUT2D eigenvalue weighted by Gasteiger charge is 2.44. The minimum atomic E-state index is -0.751. The van der Waals surface area contributed by atoms with E-state index < -0.39 is 11.8 Å². The molecule has 34 heavy (non-hydrogen) atoms. The summed E-state index contributed by atoms with van der Waals surface area (Å²) < 4.78 is 0. The van der Waals surface area contributed by atoms with Crippen molar-refractivity contribution >= 4 is 22.7 Å². The molecule has 6 heteroatoms. The van der Waals surface area contributed by atoms with Gasteiger partial charge in [-0.3, -0.25) is 0 Å². The normalized spacial score (nSPS) is 27.1. The van der Waals surface area contributed by atoms with Gasteiger partial charge in [0.05, 0.1) is 11.7 Å². The number of para-hydroxylation sites is 1. The fraction of sp³-hybridized carbons (Fsp3) is 0.429. The van der Waals surface area contributed by atoms with Gasteiger partial charge in [0.15, 0.2) is 0 Å². The average Bonchev–Trinajstić information content (AvgIpc) is 3.07. The topological polar surface area (TPSA) is 86.3 Å². The summed E-state index contributed by atoms with van der Waals surface area (Å²) in [5.41, 5.74) is 1.63. The lowest BCUT2D eigenvalue weighted by Gasteiger charge is -2.41. The van der Waals surface area contributed by atoms with Crippen molar-refractivity contribution in [1.82, 2.24) is 9.88 Å². The number of hydrogen-bond donors (Lipinski definition) is 3. The lowest BCUT2D eigenvalue weighted by atomic mass is 9.75. The molecular formula is C28H34N5O-. The Morgan fingerprint density at radius 3 is 2.68 bits per heavy atom. The van der Waals surface area contributed by atoms with E-state index in [1.165, 1.54) is 5.56 Å².